The number of rotatable bonds is 6. The molecule has 2 N–H and O–H groups in total. The fourth-order valence-corrected chi connectivity index (χ4v) is 2.50. The molecule has 1 aromatic carbocycles. The molecule has 1 aromatic heterocycles. The number of likely N-dealkylation sites (N-methyl/N-ethyl adjacent to an activating group) is 1. The number of carbonyl (C=O) groups excluding carboxylic acids is 1. The van der Waals surface area contributed by atoms with Gasteiger partial charge >= 0.3 is 0 Å². The van der Waals surface area contributed by atoms with Gasteiger partial charge in [0.25, 0.3) is 5.91 Å². The van der Waals surface area contributed by atoms with E-state index in [2.05, 4.69) is 15.7 Å². The minimum absolute atomic E-state index is 0.140. The van der Waals surface area contributed by atoms with Crippen LogP contribution in [0.15, 0.2) is 30.5 Å². The molecule has 1 heterocycles. The minimum Gasteiger partial charge on any atom is -0.351 e. The van der Waals surface area contributed by atoms with E-state index in [1.54, 1.807) is 12.3 Å². The SMILES string of the molecule is CCNCCNC(=O)c1cn(C(C)(C)C)nc1-c1ccccc1Cl. The number of benzene rings is 1. The van der Waals surface area contributed by atoms with Gasteiger partial charge in [0.2, 0.25) is 0 Å². The van der Waals surface area contributed by atoms with Crippen molar-refractivity contribution in [2.45, 2.75) is 33.2 Å². The Kier molecular flexibility index (Phi) is 6.02. The van der Waals surface area contributed by atoms with Crippen molar-refractivity contribution in [2.75, 3.05) is 19.6 Å². The van der Waals surface area contributed by atoms with Crippen LogP contribution in [0.25, 0.3) is 11.3 Å². The van der Waals surface area contributed by atoms with Crippen molar-refractivity contribution < 1.29 is 4.79 Å². The highest BCUT2D eigenvalue weighted by molar-refractivity contribution is 6.33. The normalized spacial score (nSPS) is 11.5. The first kappa shape index (κ1) is 18.5. The van der Waals surface area contributed by atoms with Gasteiger partial charge in [0, 0.05) is 24.8 Å². The van der Waals surface area contributed by atoms with Gasteiger partial charge < -0.3 is 10.6 Å². The Balaban J connectivity index is 2.37. The molecule has 0 aliphatic rings. The molecule has 2 aromatic rings. The zero-order valence-corrected chi connectivity index (χ0v) is 15.4. The molecule has 130 valence electrons. The summed E-state index contributed by atoms with van der Waals surface area (Å²) in [6.07, 6.45) is 1.79. The molecule has 0 aliphatic heterocycles. The molecule has 24 heavy (non-hydrogen) atoms. The molecule has 2 rings (SSSR count). The smallest absolute Gasteiger partial charge is 0.255 e. The maximum Gasteiger partial charge on any atom is 0.255 e. The molecule has 0 aliphatic carbocycles. The van der Waals surface area contributed by atoms with Crippen LogP contribution in [0.2, 0.25) is 5.02 Å². The third-order valence-electron chi connectivity index (χ3n) is 3.61. The van der Waals surface area contributed by atoms with Crippen LogP contribution in [-0.2, 0) is 5.54 Å². The van der Waals surface area contributed by atoms with E-state index >= 15 is 0 Å². The fraction of sp³-hybridized carbons (Fsp3) is 0.444. The standard InChI is InChI=1S/C18H25ClN4O/c1-5-20-10-11-21-17(24)14-12-23(18(2,3)4)22-16(14)13-8-6-7-9-15(13)19/h6-9,12,20H,5,10-11H2,1-4H3,(H,21,24). The Morgan fingerprint density at radius 2 is 1.96 bits per heavy atom. The zero-order chi connectivity index (χ0) is 17.7. The monoisotopic (exact) mass is 348 g/mol. The van der Waals surface area contributed by atoms with Gasteiger partial charge in [-0.2, -0.15) is 5.10 Å². The first-order valence-electron chi connectivity index (χ1n) is 8.18. The predicted molar refractivity (Wildman–Crippen MR) is 98.5 cm³/mol. The van der Waals surface area contributed by atoms with Crippen molar-refractivity contribution in [1.29, 1.82) is 0 Å². The molecular weight excluding hydrogens is 324 g/mol. The summed E-state index contributed by atoms with van der Waals surface area (Å²) < 4.78 is 1.81. The molecule has 0 saturated carbocycles. The largest absolute Gasteiger partial charge is 0.351 e. The fourth-order valence-electron chi connectivity index (χ4n) is 2.27. The van der Waals surface area contributed by atoms with E-state index in [9.17, 15) is 4.79 Å². The molecule has 5 nitrogen and oxygen atoms in total. The van der Waals surface area contributed by atoms with Gasteiger partial charge in [-0.05, 0) is 33.4 Å². The lowest BCUT2D eigenvalue weighted by atomic mass is 10.1. The molecular formula is C18H25ClN4O. The quantitative estimate of drug-likeness (QED) is 0.787. The Labute approximate surface area is 148 Å². The first-order chi connectivity index (χ1) is 11.3. The van der Waals surface area contributed by atoms with Crippen molar-refractivity contribution in [3.05, 3.63) is 41.0 Å². The summed E-state index contributed by atoms with van der Waals surface area (Å²) >= 11 is 6.31. The van der Waals surface area contributed by atoms with Gasteiger partial charge in [-0.25, -0.2) is 0 Å². The summed E-state index contributed by atoms with van der Waals surface area (Å²) in [5.41, 5.74) is 1.68. The van der Waals surface area contributed by atoms with Gasteiger partial charge in [-0.1, -0.05) is 36.7 Å². The van der Waals surface area contributed by atoms with Crippen LogP contribution in [0, 0.1) is 0 Å². The van der Waals surface area contributed by atoms with Crippen LogP contribution in [0.5, 0.6) is 0 Å². The third kappa shape index (κ3) is 4.36. The van der Waals surface area contributed by atoms with Gasteiger partial charge in [-0.3, -0.25) is 9.48 Å². The summed E-state index contributed by atoms with van der Waals surface area (Å²) in [5.74, 6) is -0.140. The van der Waals surface area contributed by atoms with E-state index in [0.29, 0.717) is 22.8 Å². The van der Waals surface area contributed by atoms with Crippen molar-refractivity contribution >= 4 is 17.5 Å². The number of halogens is 1. The molecule has 0 radical (unpaired) electrons. The van der Waals surface area contributed by atoms with Crippen LogP contribution in [-0.4, -0.2) is 35.3 Å². The summed E-state index contributed by atoms with van der Waals surface area (Å²) in [6.45, 7) is 10.3. The summed E-state index contributed by atoms with van der Waals surface area (Å²) in [7, 11) is 0. The van der Waals surface area contributed by atoms with Gasteiger partial charge in [0.15, 0.2) is 0 Å². The lowest BCUT2D eigenvalue weighted by molar-refractivity contribution is 0.0954. The van der Waals surface area contributed by atoms with Crippen molar-refractivity contribution in [3.8, 4) is 11.3 Å². The summed E-state index contributed by atoms with van der Waals surface area (Å²) in [5, 5.41) is 11.3. The summed E-state index contributed by atoms with van der Waals surface area (Å²) in [4.78, 5) is 12.6. The highest BCUT2D eigenvalue weighted by Crippen LogP contribution is 2.30. The van der Waals surface area contributed by atoms with Crippen LogP contribution < -0.4 is 10.6 Å². The second-order valence-electron chi connectivity index (χ2n) is 6.60. The molecule has 0 unspecified atom stereocenters. The Bertz CT molecular complexity index is 703. The average molecular weight is 349 g/mol. The molecule has 0 atom stereocenters. The van der Waals surface area contributed by atoms with Crippen LogP contribution in [0.4, 0.5) is 0 Å². The first-order valence-corrected chi connectivity index (χ1v) is 8.56. The van der Waals surface area contributed by atoms with E-state index < -0.39 is 0 Å². The van der Waals surface area contributed by atoms with Gasteiger partial charge in [0.05, 0.1) is 16.1 Å². The van der Waals surface area contributed by atoms with Crippen molar-refractivity contribution in [1.82, 2.24) is 20.4 Å². The Hall–Kier alpha value is -1.85. The van der Waals surface area contributed by atoms with E-state index in [1.165, 1.54) is 0 Å². The Morgan fingerprint density at radius 1 is 1.25 bits per heavy atom. The van der Waals surface area contributed by atoms with Gasteiger partial charge in [-0.15, -0.1) is 0 Å². The second-order valence-corrected chi connectivity index (χ2v) is 7.00. The molecule has 0 fully saturated rings. The lowest BCUT2D eigenvalue weighted by Crippen LogP contribution is -2.31. The second kappa shape index (κ2) is 7.81. The topological polar surface area (TPSA) is 58.9 Å². The van der Waals surface area contributed by atoms with Crippen LogP contribution in [0.3, 0.4) is 0 Å². The van der Waals surface area contributed by atoms with E-state index in [0.717, 1.165) is 18.7 Å². The molecule has 1 amide bonds. The maximum atomic E-state index is 12.6. The number of hydrogen-bond donors (Lipinski definition) is 2. The van der Waals surface area contributed by atoms with E-state index in [1.807, 2.05) is 50.6 Å². The molecule has 0 bridgehead atoms. The molecule has 6 heteroatoms. The highest BCUT2D eigenvalue weighted by atomic mass is 35.5. The maximum absolute atomic E-state index is 12.6. The third-order valence-corrected chi connectivity index (χ3v) is 3.94. The number of carbonyl (C=O) groups is 1. The number of aromatic nitrogens is 2. The van der Waals surface area contributed by atoms with Crippen LogP contribution in [0.1, 0.15) is 38.1 Å². The number of amides is 1. The van der Waals surface area contributed by atoms with E-state index in [-0.39, 0.29) is 11.4 Å². The predicted octanol–water partition coefficient (Wildman–Crippen LogP) is 3.30. The number of hydrogen-bond acceptors (Lipinski definition) is 3. The number of nitrogens with one attached hydrogen (secondary N) is 2. The van der Waals surface area contributed by atoms with Crippen molar-refractivity contribution in [2.24, 2.45) is 0 Å². The molecule has 0 saturated heterocycles. The lowest BCUT2D eigenvalue weighted by Gasteiger charge is -2.18. The molecule has 0 spiro atoms. The van der Waals surface area contributed by atoms with Gasteiger partial charge in [0.1, 0.15) is 5.69 Å². The zero-order valence-electron chi connectivity index (χ0n) is 14.7. The van der Waals surface area contributed by atoms with Crippen LogP contribution >= 0.6 is 11.6 Å². The highest BCUT2D eigenvalue weighted by Gasteiger charge is 2.23. The Morgan fingerprint density at radius 3 is 2.58 bits per heavy atom. The minimum atomic E-state index is -0.224. The summed E-state index contributed by atoms with van der Waals surface area (Å²) in [6, 6.07) is 7.44. The van der Waals surface area contributed by atoms with E-state index in [4.69, 9.17) is 11.6 Å². The average Bonchev–Trinajstić information content (AvgIpc) is 2.97. The van der Waals surface area contributed by atoms with Crippen molar-refractivity contribution in [3.63, 3.8) is 0 Å². The number of nitrogens with zero attached hydrogens (tertiary/aromatic N) is 2.